The van der Waals surface area contributed by atoms with Gasteiger partial charge in [-0.3, -0.25) is 9.69 Å². The van der Waals surface area contributed by atoms with Crippen LogP contribution in [0.1, 0.15) is 32.6 Å². The van der Waals surface area contributed by atoms with E-state index in [1.807, 2.05) is 0 Å². The van der Waals surface area contributed by atoms with Crippen LogP contribution >= 0.6 is 0 Å². The average molecular weight is 412 g/mol. The molecule has 3 saturated heterocycles. The van der Waals surface area contributed by atoms with Crippen LogP contribution in [0.4, 0.5) is 0 Å². The van der Waals surface area contributed by atoms with Crippen molar-refractivity contribution in [3.05, 3.63) is 0 Å². The summed E-state index contributed by atoms with van der Waals surface area (Å²) < 4.78 is 17.6. The molecule has 166 valence electrons. The van der Waals surface area contributed by atoms with E-state index in [1.165, 1.54) is 12.8 Å². The number of likely N-dealkylation sites (N-methyl/N-ethyl adjacent to an activating group) is 2. The van der Waals surface area contributed by atoms with Crippen molar-refractivity contribution in [3.63, 3.8) is 0 Å². The SMILES string of the molecule is CCN1CCCC1CNC(=NCC(=O)N(C)C)NCC1COC2(CCOCC2)O1. The van der Waals surface area contributed by atoms with E-state index in [1.54, 1.807) is 19.0 Å². The van der Waals surface area contributed by atoms with Crippen LogP contribution in [0.15, 0.2) is 4.99 Å². The summed E-state index contributed by atoms with van der Waals surface area (Å²) in [5, 5.41) is 6.77. The normalized spacial score (nSPS) is 27.3. The molecular formula is C20H37N5O4. The summed E-state index contributed by atoms with van der Waals surface area (Å²) in [6.07, 6.45) is 3.93. The van der Waals surface area contributed by atoms with Crippen LogP contribution in [0, 0.1) is 0 Å². The molecule has 0 aromatic heterocycles. The maximum absolute atomic E-state index is 12.0. The molecule has 3 aliphatic rings. The van der Waals surface area contributed by atoms with E-state index in [0.717, 1.165) is 32.5 Å². The first-order chi connectivity index (χ1) is 14.0. The fourth-order valence-corrected chi connectivity index (χ4v) is 4.09. The highest BCUT2D eigenvalue weighted by Gasteiger charge is 2.42. The van der Waals surface area contributed by atoms with Crippen LogP contribution < -0.4 is 10.6 Å². The topological polar surface area (TPSA) is 87.7 Å². The van der Waals surface area contributed by atoms with Crippen LogP contribution in [0.2, 0.25) is 0 Å². The van der Waals surface area contributed by atoms with E-state index in [0.29, 0.717) is 38.4 Å². The number of guanidine groups is 1. The van der Waals surface area contributed by atoms with Gasteiger partial charge in [-0.05, 0) is 25.9 Å². The molecule has 2 unspecified atom stereocenters. The van der Waals surface area contributed by atoms with Crippen molar-refractivity contribution in [2.45, 2.75) is 50.5 Å². The molecule has 0 radical (unpaired) electrons. The summed E-state index contributed by atoms with van der Waals surface area (Å²) in [4.78, 5) is 20.5. The van der Waals surface area contributed by atoms with E-state index >= 15 is 0 Å². The third-order valence-electron chi connectivity index (χ3n) is 5.95. The molecule has 3 fully saturated rings. The zero-order valence-corrected chi connectivity index (χ0v) is 18.1. The molecule has 2 N–H and O–H groups in total. The van der Waals surface area contributed by atoms with E-state index in [9.17, 15) is 4.79 Å². The highest BCUT2D eigenvalue weighted by atomic mass is 16.7. The first-order valence-electron chi connectivity index (χ1n) is 10.9. The Hall–Kier alpha value is -1.42. The minimum atomic E-state index is -0.484. The predicted octanol–water partition coefficient (Wildman–Crippen LogP) is 0.0162. The second-order valence-electron chi connectivity index (χ2n) is 8.21. The van der Waals surface area contributed by atoms with Crippen molar-refractivity contribution >= 4 is 11.9 Å². The number of aliphatic imine (C=N–C) groups is 1. The van der Waals surface area contributed by atoms with Crippen molar-refractivity contribution < 1.29 is 19.0 Å². The molecule has 0 bridgehead atoms. The summed E-state index contributed by atoms with van der Waals surface area (Å²) in [5.74, 6) is 0.144. The van der Waals surface area contributed by atoms with Crippen molar-refractivity contribution in [1.29, 1.82) is 0 Å². The zero-order valence-electron chi connectivity index (χ0n) is 18.1. The van der Waals surface area contributed by atoms with Gasteiger partial charge in [-0.2, -0.15) is 0 Å². The van der Waals surface area contributed by atoms with Crippen LogP contribution in [0.25, 0.3) is 0 Å². The van der Waals surface area contributed by atoms with Gasteiger partial charge in [0.25, 0.3) is 0 Å². The Morgan fingerprint density at radius 2 is 2.00 bits per heavy atom. The minimum absolute atomic E-state index is 0.0243. The van der Waals surface area contributed by atoms with Gasteiger partial charge in [0.15, 0.2) is 11.7 Å². The molecule has 0 aromatic carbocycles. The zero-order chi connectivity index (χ0) is 20.7. The van der Waals surface area contributed by atoms with Gasteiger partial charge in [0, 0.05) is 46.1 Å². The van der Waals surface area contributed by atoms with Crippen LogP contribution in [-0.2, 0) is 19.0 Å². The van der Waals surface area contributed by atoms with Gasteiger partial charge in [-0.1, -0.05) is 6.92 Å². The lowest BCUT2D eigenvalue weighted by Crippen LogP contribution is -2.47. The lowest BCUT2D eigenvalue weighted by atomic mass is 10.1. The second-order valence-corrected chi connectivity index (χ2v) is 8.21. The van der Waals surface area contributed by atoms with Gasteiger partial charge in [0.2, 0.25) is 5.91 Å². The molecule has 3 aliphatic heterocycles. The highest BCUT2D eigenvalue weighted by Crippen LogP contribution is 2.32. The molecule has 1 amide bonds. The predicted molar refractivity (Wildman–Crippen MR) is 111 cm³/mol. The maximum Gasteiger partial charge on any atom is 0.243 e. The van der Waals surface area contributed by atoms with Crippen LogP contribution in [0.5, 0.6) is 0 Å². The number of hydrogen-bond donors (Lipinski definition) is 2. The lowest BCUT2D eigenvalue weighted by Gasteiger charge is -2.31. The molecule has 9 heteroatoms. The van der Waals surface area contributed by atoms with E-state index < -0.39 is 5.79 Å². The van der Waals surface area contributed by atoms with Gasteiger partial charge in [-0.25, -0.2) is 4.99 Å². The summed E-state index contributed by atoms with van der Waals surface area (Å²) in [6.45, 7) is 7.85. The molecule has 29 heavy (non-hydrogen) atoms. The van der Waals surface area contributed by atoms with Crippen molar-refractivity contribution in [2.24, 2.45) is 4.99 Å². The monoisotopic (exact) mass is 411 g/mol. The smallest absolute Gasteiger partial charge is 0.243 e. The van der Waals surface area contributed by atoms with E-state index in [2.05, 4.69) is 27.4 Å². The summed E-state index contributed by atoms with van der Waals surface area (Å²) in [7, 11) is 3.49. The minimum Gasteiger partial charge on any atom is -0.381 e. The largest absolute Gasteiger partial charge is 0.381 e. The Kier molecular flexibility index (Phi) is 8.11. The molecule has 1 spiro atoms. The number of hydrogen-bond acceptors (Lipinski definition) is 6. The molecule has 9 nitrogen and oxygen atoms in total. The first-order valence-corrected chi connectivity index (χ1v) is 10.9. The highest BCUT2D eigenvalue weighted by molar-refractivity contribution is 5.84. The van der Waals surface area contributed by atoms with Gasteiger partial charge >= 0.3 is 0 Å². The quantitative estimate of drug-likeness (QED) is 0.451. The van der Waals surface area contributed by atoms with E-state index in [4.69, 9.17) is 14.2 Å². The average Bonchev–Trinajstić information content (AvgIpc) is 3.34. The fourth-order valence-electron chi connectivity index (χ4n) is 4.09. The molecular weight excluding hydrogens is 374 g/mol. The Labute approximate surface area is 174 Å². The van der Waals surface area contributed by atoms with Gasteiger partial charge in [0.05, 0.1) is 19.8 Å². The van der Waals surface area contributed by atoms with Gasteiger partial charge in [0.1, 0.15) is 12.6 Å². The van der Waals surface area contributed by atoms with Crippen LogP contribution in [0.3, 0.4) is 0 Å². The Morgan fingerprint density at radius 1 is 1.24 bits per heavy atom. The molecule has 3 rings (SSSR count). The van der Waals surface area contributed by atoms with Gasteiger partial charge < -0.3 is 29.7 Å². The molecule has 0 aromatic rings. The fraction of sp³-hybridized carbons (Fsp3) is 0.900. The summed E-state index contributed by atoms with van der Waals surface area (Å²) in [5.41, 5.74) is 0. The number of nitrogens with zero attached hydrogens (tertiary/aromatic N) is 3. The number of ether oxygens (including phenoxy) is 3. The van der Waals surface area contributed by atoms with E-state index in [-0.39, 0.29) is 18.6 Å². The number of rotatable bonds is 7. The molecule has 3 heterocycles. The van der Waals surface area contributed by atoms with Crippen molar-refractivity contribution in [1.82, 2.24) is 20.4 Å². The number of likely N-dealkylation sites (tertiary alicyclic amines) is 1. The summed E-state index contributed by atoms with van der Waals surface area (Å²) in [6, 6.07) is 0.508. The number of nitrogens with one attached hydrogen (secondary N) is 2. The Balaban J connectivity index is 1.51. The summed E-state index contributed by atoms with van der Waals surface area (Å²) >= 11 is 0. The number of amides is 1. The van der Waals surface area contributed by atoms with Crippen LogP contribution in [-0.4, -0.2) is 106 Å². The Morgan fingerprint density at radius 3 is 2.72 bits per heavy atom. The number of carbonyl (C=O) groups excluding carboxylic acids is 1. The lowest BCUT2D eigenvalue weighted by molar-refractivity contribution is -0.210. The third kappa shape index (κ3) is 6.28. The third-order valence-corrected chi connectivity index (χ3v) is 5.95. The number of carbonyl (C=O) groups is 1. The maximum atomic E-state index is 12.0. The first kappa shape index (κ1) is 22.3. The molecule has 0 aliphatic carbocycles. The van der Waals surface area contributed by atoms with Crippen molar-refractivity contribution in [2.75, 3.05) is 66.6 Å². The molecule has 0 saturated carbocycles. The van der Waals surface area contributed by atoms with Crippen molar-refractivity contribution in [3.8, 4) is 0 Å². The standard InChI is InChI=1S/C20H37N5O4/c1-4-25-9-5-6-16(25)12-21-19(23-14-18(26)24(2)3)22-13-17-15-28-20(29-17)7-10-27-11-8-20/h16-17H,4-15H2,1-3H3,(H2,21,22,23). The molecule has 2 atom stereocenters. The van der Waals surface area contributed by atoms with Gasteiger partial charge in [-0.15, -0.1) is 0 Å². The second kappa shape index (κ2) is 10.6. The Bertz CT molecular complexity index is 565.